The van der Waals surface area contributed by atoms with Crippen LogP contribution in [0, 0.1) is 0 Å². The zero-order valence-corrected chi connectivity index (χ0v) is 17.9. The first kappa shape index (κ1) is 22.3. The van der Waals surface area contributed by atoms with Gasteiger partial charge >= 0.3 is 0 Å². The number of aliphatic hydroxyl groups is 1. The molecule has 0 bridgehead atoms. The molecule has 0 radical (unpaired) electrons. The van der Waals surface area contributed by atoms with Crippen LogP contribution in [0.3, 0.4) is 0 Å². The maximum Gasteiger partial charge on any atom is 0.194 e. The van der Waals surface area contributed by atoms with Crippen LogP contribution in [0.4, 0.5) is 0 Å². The molecule has 28 heavy (non-hydrogen) atoms. The van der Waals surface area contributed by atoms with Gasteiger partial charge in [-0.2, -0.15) is 0 Å². The molecule has 1 aliphatic heterocycles. The Labute approximate surface area is 169 Å². The first-order chi connectivity index (χ1) is 13.6. The Bertz CT molecular complexity index is 634. The fourth-order valence-corrected chi connectivity index (χ4v) is 3.77. The van der Waals surface area contributed by atoms with E-state index in [1.807, 2.05) is 6.07 Å². The predicted octanol–water partition coefficient (Wildman–Crippen LogP) is 2.12. The van der Waals surface area contributed by atoms with Crippen molar-refractivity contribution in [3.63, 3.8) is 0 Å². The van der Waals surface area contributed by atoms with Crippen LogP contribution in [-0.4, -0.2) is 80.4 Å². The molecule has 2 unspecified atom stereocenters. The van der Waals surface area contributed by atoms with E-state index in [4.69, 9.17) is 14.5 Å². The molecule has 0 saturated carbocycles. The molecule has 1 aromatic carbocycles. The van der Waals surface area contributed by atoms with E-state index in [1.165, 1.54) is 0 Å². The lowest BCUT2D eigenvalue weighted by Gasteiger charge is -2.27. The second-order valence-electron chi connectivity index (χ2n) is 6.93. The first-order valence-corrected chi connectivity index (χ1v) is 10.2. The molecule has 1 fully saturated rings. The minimum Gasteiger partial charge on any atom is -0.497 e. The van der Waals surface area contributed by atoms with Gasteiger partial charge in [-0.25, -0.2) is 0 Å². The quantitative estimate of drug-likeness (QED) is 0.496. The topological polar surface area (TPSA) is 69.6 Å². The summed E-state index contributed by atoms with van der Waals surface area (Å²) in [5.74, 6) is 2.18. The number of aliphatic hydroxyl groups excluding tert-OH is 1. The summed E-state index contributed by atoms with van der Waals surface area (Å²) in [7, 11) is 3.21. The largest absolute Gasteiger partial charge is 0.497 e. The third-order valence-corrected chi connectivity index (χ3v) is 5.34. The number of aliphatic imine (C=N–C) groups is 1. The van der Waals surface area contributed by atoms with Crippen LogP contribution < -0.4 is 14.8 Å². The maximum atomic E-state index is 10.7. The summed E-state index contributed by atoms with van der Waals surface area (Å²) in [4.78, 5) is 9.51. The Hall–Kier alpha value is -1.99. The van der Waals surface area contributed by atoms with Crippen LogP contribution in [-0.2, 0) is 0 Å². The van der Waals surface area contributed by atoms with Gasteiger partial charge < -0.3 is 24.8 Å². The minimum atomic E-state index is -0.764. The lowest BCUT2D eigenvalue weighted by molar-refractivity contribution is 0.181. The molecule has 0 spiro atoms. The summed E-state index contributed by atoms with van der Waals surface area (Å²) in [5.41, 5.74) is 0.684. The van der Waals surface area contributed by atoms with Crippen molar-refractivity contribution in [2.45, 2.75) is 39.3 Å². The van der Waals surface area contributed by atoms with Crippen LogP contribution in [0.25, 0.3) is 0 Å². The number of likely N-dealkylation sites (N-methyl/N-ethyl adjacent to an activating group) is 1. The number of hydrogen-bond donors (Lipinski definition) is 2. The van der Waals surface area contributed by atoms with Crippen LogP contribution in [0.2, 0.25) is 0 Å². The molecule has 1 aliphatic rings. The van der Waals surface area contributed by atoms with Gasteiger partial charge in [0.05, 0.1) is 20.8 Å². The van der Waals surface area contributed by atoms with Crippen LogP contribution in [0.1, 0.15) is 38.9 Å². The number of likely N-dealkylation sites (tertiary alicyclic amines) is 1. The Morgan fingerprint density at radius 2 is 2.04 bits per heavy atom. The normalized spacial score (nSPS) is 18.5. The van der Waals surface area contributed by atoms with Gasteiger partial charge in [-0.3, -0.25) is 9.89 Å². The van der Waals surface area contributed by atoms with E-state index >= 15 is 0 Å². The van der Waals surface area contributed by atoms with E-state index < -0.39 is 6.10 Å². The molecule has 0 aliphatic carbocycles. The van der Waals surface area contributed by atoms with Crippen molar-refractivity contribution in [2.75, 3.05) is 53.5 Å². The van der Waals surface area contributed by atoms with Crippen molar-refractivity contribution in [3.8, 4) is 11.5 Å². The summed E-state index contributed by atoms with van der Waals surface area (Å²) < 4.78 is 10.7. The molecule has 0 amide bonds. The number of nitrogens with one attached hydrogen (secondary N) is 1. The minimum absolute atomic E-state index is 0.262. The van der Waals surface area contributed by atoms with Gasteiger partial charge in [-0.15, -0.1) is 0 Å². The van der Waals surface area contributed by atoms with Crippen molar-refractivity contribution in [1.82, 2.24) is 15.1 Å². The predicted molar refractivity (Wildman–Crippen MR) is 113 cm³/mol. The van der Waals surface area contributed by atoms with Gasteiger partial charge in [0, 0.05) is 31.2 Å². The number of benzene rings is 1. The number of ether oxygens (including phenoxy) is 2. The third kappa shape index (κ3) is 5.52. The van der Waals surface area contributed by atoms with Gasteiger partial charge in [-0.1, -0.05) is 13.8 Å². The van der Waals surface area contributed by atoms with Crippen LogP contribution >= 0.6 is 0 Å². The lowest BCUT2D eigenvalue weighted by atomic mass is 10.1. The van der Waals surface area contributed by atoms with E-state index in [9.17, 15) is 5.11 Å². The monoisotopic (exact) mass is 392 g/mol. The Morgan fingerprint density at radius 3 is 2.64 bits per heavy atom. The summed E-state index contributed by atoms with van der Waals surface area (Å²) in [5, 5.41) is 14.1. The fraction of sp³-hybridized carbons (Fsp3) is 0.667. The molecule has 1 heterocycles. The maximum absolute atomic E-state index is 10.7. The zero-order chi connectivity index (χ0) is 20.5. The number of methoxy groups -OCH3 is 2. The number of guanidine groups is 1. The zero-order valence-electron chi connectivity index (χ0n) is 17.9. The number of nitrogens with zero attached hydrogens (tertiary/aromatic N) is 3. The third-order valence-electron chi connectivity index (χ3n) is 5.34. The van der Waals surface area contributed by atoms with Crippen LogP contribution in [0.5, 0.6) is 11.5 Å². The molecule has 1 saturated heterocycles. The summed E-state index contributed by atoms with van der Waals surface area (Å²) in [6.07, 6.45) is 0.373. The van der Waals surface area contributed by atoms with Crippen molar-refractivity contribution in [2.24, 2.45) is 4.99 Å². The van der Waals surface area contributed by atoms with E-state index in [-0.39, 0.29) is 6.54 Å². The summed E-state index contributed by atoms with van der Waals surface area (Å²) >= 11 is 0. The molecular formula is C21H36N4O3. The van der Waals surface area contributed by atoms with E-state index in [0.29, 0.717) is 23.1 Å². The number of hydrogen-bond acceptors (Lipinski definition) is 5. The van der Waals surface area contributed by atoms with Gasteiger partial charge in [0.15, 0.2) is 5.96 Å². The van der Waals surface area contributed by atoms with Gasteiger partial charge in [0.2, 0.25) is 0 Å². The average molecular weight is 393 g/mol. The lowest BCUT2D eigenvalue weighted by Crippen LogP contribution is -2.43. The standard InChI is InChI=1S/C21H36N4O3/c1-6-22-21(25-12-11-16(15-25)24(7-2)8-3)23-14-19(26)18-13-17(27-4)9-10-20(18)28-5/h9-10,13,16,19,26H,6-8,11-12,14-15H2,1-5H3,(H,22,23). The van der Waals surface area contributed by atoms with E-state index in [2.05, 4.69) is 35.9 Å². The summed E-state index contributed by atoms with van der Waals surface area (Å²) in [6.45, 7) is 11.6. The second-order valence-corrected chi connectivity index (χ2v) is 6.93. The number of rotatable bonds is 9. The van der Waals surface area contributed by atoms with Crippen molar-refractivity contribution < 1.29 is 14.6 Å². The Kier molecular flexibility index (Phi) is 8.86. The molecule has 2 rings (SSSR count). The second kappa shape index (κ2) is 11.1. The van der Waals surface area contributed by atoms with Crippen molar-refractivity contribution >= 4 is 5.96 Å². The Morgan fingerprint density at radius 1 is 1.29 bits per heavy atom. The highest BCUT2D eigenvalue weighted by molar-refractivity contribution is 5.80. The van der Waals surface area contributed by atoms with Gasteiger partial charge in [0.25, 0.3) is 0 Å². The molecule has 158 valence electrons. The molecule has 2 atom stereocenters. The van der Waals surface area contributed by atoms with E-state index in [1.54, 1.807) is 26.4 Å². The van der Waals surface area contributed by atoms with Crippen LogP contribution in [0.15, 0.2) is 23.2 Å². The van der Waals surface area contributed by atoms with E-state index in [0.717, 1.165) is 45.1 Å². The first-order valence-electron chi connectivity index (χ1n) is 10.2. The molecular weight excluding hydrogens is 356 g/mol. The SMILES string of the molecule is CCNC(=NCC(O)c1cc(OC)ccc1OC)N1CCC(N(CC)CC)C1. The van der Waals surface area contributed by atoms with Crippen molar-refractivity contribution in [3.05, 3.63) is 23.8 Å². The fourth-order valence-electron chi connectivity index (χ4n) is 3.77. The highest BCUT2D eigenvalue weighted by Crippen LogP contribution is 2.29. The van der Waals surface area contributed by atoms with Gasteiger partial charge in [0.1, 0.15) is 17.6 Å². The van der Waals surface area contributed by atoms with Crippen molar-refractivity contribution in [1.29, 1.82) is 0 Å². The molecule has 1 aromatic rings. The molecule has 7 nitrogen and oxygen atoms in total. The Balaban J connectivity index is 2.10. The highest BCUT2D eigenvalue weighted by Gasteiger charge is 2.28. The molecule has 7 heteroatoms. The highest BCUT2D eigenvalue weighted by atomic mass is 16.5. The summed E-state index contributed by atoms with van der Waals surface area (Å²) in [6, 6.07) is 5.99. The average Bonchev–Trinajstić information content (AvgIpc) is 3.21. The molecule has 0 aromatic heterocycles. The van der Waals surface area contributed by atoms with Gasteiger partial charge in [-0.05, 0) is 44.6 Å². The molecule has 2 N–H and O–H groups in total. The smallest absolute Gasteiger partial charge is 0.194 e.